The number of anilines is 1. The van der Waals surface area contributed by atoms with Crippen molar-refractivity contribution in [2.75, 3.05) is 5.32 Å². The van der Waals surface area contributed by atoms with Crippen LogP contribution in [0.15, 0.2) is 60.7 Å². The Hall–Kier alpha value is -3.42. The summed E-state index contributed by atoms with van der Waals surface area (Å²) in [7, 11) is 0. The number of rotatable bonds is 5. The Kier molecular flexibility index (Phi) is 7.91. The molecule has 1 atom stereocenters. The van der Waals surface area contributed by atoms with E-state index in [4.69, 9.17) is 26.8 Å². The van der Waals surface area contributed by atoms with Crippen molar-refractivity contribution < 1.29 is 24.9 Å². The van der Waals surface area contributed by atoms with Crippen LogP contribution >= 0.6 is 11.6 Å². The third-order valence-electron chi connectivity index (χ3n) is 5.49. The Labute approximate surface area is 202 Å². The highest BCUT2D eigenvalue weighted by atomic mass is 35.5. The van der Waals surface area contributed by atoms with Crippen molar-refractivity contribution in [3.63, 3.8) is 0 Å². The van der Waals surface area contributed by atoms with Gasteiger partial charge in [-0.25, -0.2) is 9.59 Å². The van der Waals surface area contributed by atoms with Gasteiger partial charge in [-0.2, -0.15) is 0 Å². The lowest BCUT2D eigenvalue weighted by Gasteiger charge is -2.35. The maximum absolute atomic E-state index is 10.9. The normalized spacial score (nSPS) is 16.4. The molecule has 7 nitrogen and oxygen atoms in total. The molecule has 0 radical (unpaired) electrons. The van der Waals surface area contributed by atoms with E-state index in [1.807, 2.05) is 42.5 Å². The van der Waals surface area contributed by atoms with Crippen LogP contribution in [0.3, 0.4) is 0 Å². The van der Waals surface area contributed by atoms with Crippen LogP contribution in [0.5, 0.6) is 0 Å². The molecule has 4 N–H and O–H groups in total. The second-order valence-corrected chi connectivity index (χ2v) is 9.35. The molecular formula is C26H27ClN2O5. The molecule has 178 valence electrons. The number of halogens is 1. The van der Waals surface area contributed by atoms with Gasteiger partial charge in [0.15, 0.2) is 0 Å². The Morgan fingerprint density at radius 3 is 2.32 bits per heavy atom. The number of nitrogens with one attached hydrogen (secondary N) is 1. The predicted octanol–water partition coefficient (Wildman–Crippen LogP) is 5.22. The molecule has 0 saturated heterocycles. The summed E-state index contributed by atoms with van der Waals surface area (Å²) in [5.41, 5.74) is 5.13. The average molecular weight is 483 g/mol. The minimum Gasteiger partial charge on any atom is -0.478 e. The second-order valence-electron chi connectivity index (χ2n) is 8.92. The molecule has 0 bridgehead atoms. The largest absolute Gasteiger partial charge is 0.478 e. The van der Waals surface area contributed by atoms with Gasteiger partial charge in [-0.05, 0) is 42.0 Å². The Morgan fingerprint density at radius 1 is 1.09 bits per heavy atom. The summed E-state index contributed by atoms with van der Waals surface area (Å²) in [5, 5.41) is 31.9. The first-order valence-electron chi connectivity index (χ1n) is 10.8. The molecule has 1 aliphatic carbocycles. The highest BCUT2D eigenvalue weighted by molar-refractivity contribution is 6.30. The third kappa shape index (κ3) is 6.56. The molecule has 1 aliphatic rings. The first-order valence-corrected chi connectivity index (χ1v) is 11.2. The number of carboxylic acids is 2. The van der Waals surface area contributed by atoms with E-state index in [0.717, 1.165) is 51.3 Å². The van der Waals surface area contributed by atoms with E-state index in [9.17, 15) is 14.7 Å². The van der Waals surface area contributed by atoms with Gasteiger partial charge in [0.25, 0.3) is 0 Å². The summed E-state index contributed by atoms with van der Waals surface area (Å²) in [5.74, 6) is -2.51. The van der Waals surface area contributed by atoms with Gasteiger partial charge in [0.05, 0.1) is 17.3 Å². The highest BCUT2D eigenvalue weighted by Crippen LogP contribution is 2.45. The van der Waals surface area contributed by atoms with E-state index >= 15 is 0 Å². The number of para-hydroxylation sites is 1. The Morgan fingerprint density at radius 2 is 1.71 bits per heavy atom. The summed E-state index contributed by atoms with van der Waals surface area (Å²) in [6.45, 7) is 5.06. The van der Waals surface area contributed by atoms with Crippen LogP contribution < -0.4 is 5.32 Å². The summed E-state index contributed by atoms with van der Waals surface area (Å²) in [6, 6.07) is 16.0. The van der Waals surface area contributed by atoms with Gasteiger partial charge >= 0.3 is 11.9 Å². The van der Waals surface area contributed by atoms with Gasteiger partial charge in [-0.3, -0.25) is 4.98 Å². The minimum absolute atomic E-state index is 0.0509. The number of aliphatic carboxylic acids is 2. The smallest absolute Gasteiger partial charge is 0.328 e. The molecule has 0 saturated carbocycles. The van der Waals surface area contributed by atoms with Crippen molar-refractivity contribution in [1.29, 1.82) is 0 Å². The number of benzene rings is 2. The molecule has 1 aromatic heterocycles. The fourth-order valence-corrected chi connectivity index (χ4v) is 4.17. The van der Waals surface area contributed by atoms with Crippen LogP contribution in [0.2, 0.25) is 5.02 Å². The number of hydrogen-bond donors (Lipinski definition) is 4. The zero-order valence-corrected chi connectivity index (χ0v) is 19.7. The zero-order valence-electron chi connectivity index (χ0n) is 19.0. The SMILES string of the molecule is CC1(C)Cc2nc3ccccc3c(NCc3ccc(Cl)cc3)c2C(O)C1.O=C(O)/C=C\C(=O)O. The maximum Gasteiger partial charge on any atom is 0.328 e. The average Bonchev–Trinajstić information content (AvgIpc) is 2.76. The van der Waals surface area contributed by atoms with Crippen molar-refractivity contribution in [3.8, 4) is 0 Å². The Bertz CT molecular complexity index is 1210. The predicted molar refractivity (Wildman–Crippen MR) is 132 cm³/mol. The molecule has 0 spiro atoms. The second kappa shape index (κ2) is 10.7. The molecule has 2 aromatic carbocycles. The fraction of sp³-hybridized carbons (Fsp3) is 0.269. The van der Waals surface area contributed by atoms with Crippen LogP contribution in [0.4, 0.5) is 5.69 Å². The molecule has 0 amide bonds. The minimum atomic E-state index is -1.26. The third-order valence-corrected chi connectivity index (χ3v) is 5.74. The molecule has 0 fully saturated rings. The van der Waals surface area contributed by atoms with Gasteiger partial charge in [-0.15, -0.1) is 0 Å². The van der Waals surface area contributed by atoms with Gasteiger partial charge in [0.2, 0.25) is 0 Å². The summed E-state index contributed by atoms with van der Waals surface area (Å²) >= 11 is 5.99. The van der Waals surface area contributed by atoms with Crippen LogP contribution in [0.25, 0.3) is 10.9 Å². The fourth-order valence-electron chi connectivity index (χ4n) is 4.05. The summed E-state index contributed by atoms with van der Waals surface area (Å²) < 4.78 is 0. The van der Waals surface area contributed by atoms with Gasteiger partial charge in [0, 0.05) is 40.4 Å². The molecule has 1 heterocycles. The number of aliphatic hydroxyl groups is 1. The van der Waals surface area contributed by atoms with Crippen molar-refractivity contribution in [2.24, 2.45) is 5.41 Å². The van der Waals surface area contributed by atoms with Crippen molar-refractivity contribution in [1.82, 2.24) is 4.98 Å². The number of fused-ring (bicyclic) bond motifs is 2. The van der Waals surface area contributed by atoms with Crippen LogP contribution in [0, 0.1) is 5.41 Å². The van der Waals surface area contributed by atoms with E-state index in [-0.39, 0.29) is 5.41 Å². The van der Waals surface area contributed by atoms with Gasteiger partial charge in [0.1, 0.15) is 0 Å². The number of aliphatic hydroxyl groups excluding tert-OH is 1. The van der Waals surface area contributed by atoms with Crippen LogP contribution in [-0.2, 0) is 22.6 Å². The van der Waals surface area contributed by atoms with Crippen molar-refractivity contribution in [2.45, 2.75) is 39.3 Å². The van der Waals surface area contributed by atoms with Crippen molar-refractivity contribution >= 4 is 40.1 Å². The number of hydrogen-bond acceptors (Lipinski definition) is 5. The van der Waals surface area contributed by atoms with Crippen LogP contribution in [0.1, 0.15) is 43.2 Å². The van der Waals surface area contributed by atoms with E-state index in [2.05, 4.69) is 25.2 Å². The molecule has 4 rings (SSSR count). The summed E-state index contributed by atoms with van der Waals surface area (Å²) in [6.07, 6.45) is 2.23. The number of aromatic nitrogens is 1. The molecule has 34 heavy (non-hydrogen) atoms. The van der Waals surface area contributed by atoms with Gasteiger partial charge < -0.3 is 20.6 Å². The standard InChI is InChI=1S/C22H23ClN2O.C4H4O4/c1-22(2)11-18-20(19(26)12-22)21(16-5-3-4-6-17(16)25-18)24-13-14-7-9-15(23)10-8-14;5-3(6)1-2-4(7)8/h3-10,19,26H,11-13H2,1-2H3,(H,24,25);1-2H,(H,5,6)(H,7,8)/b;2-1-. The molecule has 3 aromatic rings. The quantitative estimate of drug-likeness (QED) is 0.368. The van der Waals surface area contributed by atoms with Gasteiger partial charge in [-0.1, -0.05) is 55.8 Å². The lowest BCUT2D eigenvalue weighted by atomic mass is 9.74. The van der Waals surface area contributed by atoms with E-state index in [0.29, 0.717) is 18.7 Å². The number of nitrogens with zero attached hydrogens (tertiary/aromatic N) is 1. The first-order chi connectivity index (χ1) is 16.1. The van der Waals surface area contributed by atoms with Crippen molar-refractivity contribution in [3.05, 3.63) is 82.5 Å². The lowest BCUT2D eigenvalue weighted by Crippen LogP contribution is -2.27. The monoisotopic (exact) mass is 482 g/mol. The molecule has 0 aliphatic heterocycles. The maximum atomic E-state index is 10.9. The van der Waals surface area contributed by atoms with Crippen LogP contribution in [-0.4, -0.2) is 32.2 Å². The zero-order chi connectivity index (χ0) is 24.9. The Balaban J connectivity index is 0.000000350. The van der Waals surface area contributed by atoms with E-state index < -0.39 is 18.0 Å². The summed E-state index contributed by atoms with van der Waals surface area (Å²) in [4.78, 5) is 24.0. The number of pyridine rings is 1. The van der Waals surface area contributed by atoms with E-state index in [1.165, 1.54) is 0 Å². The topological polar surface area (TPSA) is 120 Å². The number of carboxylic acid groups (broad SMARTS) is 2. The molecular weight excluding hydrogens is 456 g/mol. The number of carbonyl (C=O) groups is 2. The molecule has 1 unspecified atom stereocenters. The first kappa shape index (κ1) is 25.2. The highest BCUT2D eigenvalue weighted by Gasteiger charge is 2.34. The lowest BCUT2D eigenvalue weighted by molar-refractivity contribution is -0.134. The molecule has 8 heteroatoms. The van der Waals surface area contributed by atoms with E-state index in [1.54, 1.807) is 0 Å².